The molecule has 1 aromatic heterocycles. The van der Waals surface area contributed by atoms with Crippen LogP contribution < -0.4 is 16.2 Å². The van der Waals surface area contributed by atoms with Gasteiger partial charge < -0.3 is 5.32 Å². The van der Waals surface area contributed by atoms with Gasteiger partial charge in [0.15, 0.2) is 4.34 Å². The lowest BCUT2D eigenvalue weighted by atomic mass is 10.2. The van der Waals surface area contributed by atoms with Crippen LogP contribution in [0.3, 0.4) is 0 Å². The number of thioether (sulfide) groups is 1. The van der Waals surface area contributed by atoms with Gasteiger partial charge in [-0.3, -0.25) is 30.6 Å². The van der Waals surface area contributed by atoms with Crippen LogP contribution in [0, 0.1) is 17.0 Å². The summed E-state index contributed by atoms with van der Waals surface area (Å²) in [5, 5.41) is 23.1. The topological polar surface area (TPSA) is 139 Å². The van der Waals surface area contributed by atoms with E-state index in [0.717, 1.165) is 29.1 Å². The van der Waals surface area contributed by atoms with E-state index in [1.165, 1.54) is 29.5 Å². The van der Waals surface area contributed by atoms with Gasteiger partial charge in [0.25, 0.3) is 11.6 Å². The molecule has 3 N–H and O–H groups in total. The van der Waals surface area contributed by atoms with Crippen molar-refractivity contribution in [1.82, 2.24) is 21.0 Å². The SMILES string of the molecule is Cc1c(Cl)cccc1Nc1nnc(SCC(=O)NNC(=O)c2cccc([N+](=O)[O-])c2)s1. The summed E-state index contributed by atoms with van der Waals surface area (Å²) in [4.78, 5) is 34.2. The number of amides is 2. The third-order valence-electron chi connectivity index (χ3n) is 3.88. The van der Waals surface area contributed by atoms with Gasteiger partial charge in [0.05, 0.1) is 10.7 Å². The Balaban J connectivity index is 1.48. The molecule has 31 heavy (non-hydrogen) atoms. The minimum Gasteiger partial charge on any atom is -0.330 e. The molecular formula is C18H15ClN6O4S2. The predicted molar refractivity (Wildman–Crippen MR) is 119 cm³/mol. The molecule has 2 aromatic carbocycles. The highest BCUT2D eigenvalue weighted by molar-refractivity contribution is 8.01. The maximum atomic E-state index is 12.0. The average Bonchev–Trinajstić information content (AvgIpc) is 3.21. The number of hydrogen-bond donors (Lipinski definition) is 3. The van der Waals surface area contributed by atoms with Gasteiger partial charge in [-0.2, -0.15) is 0 Å². The van der Waals surface area contributed by atoms with Crippen LogP contribution in [0.1, 0.15) is 15.9 Å². The molecule has 3 rings (SSSR count). The molecule has 3 aromatic rings. The van der Waals surface area contributed by atoms with Crippen molar-refractivity contribution in [3.05, 3.63) is 68.7 Å². The van der Waals surface area contributed by atoms with E-state index in [0.29, 0.717) is 14.5 Å². The van der Waals surface area contributed by atoms with Gasteiger partial charge in [-0.05, 0) is 30.7 Å². The molecule has 0 spiro atoms. The molecule has 0 aliphatic heterocycles. The second-order valence-electron chi connectivity index (χ2n) is 6.01. The zero-order valence-corrected chi connectivity index (χ0v) is 18.3. The molecule has 0 fully saturated rings. The first-order valence-corrected chi connectivity index (χ1v) is 10.8. The molecule has 160 valence electrons. The second-order valence-corrected chi connectivity index (χ2v) is 8.62. The van der Waals surface area contributed by atoms with Gasteiger partial charge in [0.2, 0.25) is 11.0 Å². The molecule has 1 heterocycles. The quantitative estimate of drug-likeness (QED) is 0.265. The lowest BCUT2D eigenvalue weighted by Gasteiger charge is -2.07. The molecule has 2 amide bonds. The fraction of sp³-hybridized carbons (Fsp3) is 0.111. The molecule has 0 saturated carbocycles. The molecule has 0 saturated heterocycles. The van der Waals surface area contributed by atoms with Crippen LogP contribution in [0.2, 0.25) is 5.02 Å². The van der Waals surface area contributed by atoms with Gasteiger partial charge in [0, 0.05) is 28.4 Å². The summed E-state index contributed by atoms with van der Waals surface area (Å²) in [5.74, 6) is -1.15. The van der Waals surface area contributed by atoms with Crippen LogP contribution >= 0.6 is 34.7 Å². The zero-order chi connectivity index (χ0) is 22.4. The number of nitrogens with one attached hydrogen (secondary N) is 3. The first kappa shape index (κ1) is 22.5. The van der Waals surface area contributed by atoms with E-state index in [9.17, 15) is 19.7 Å². The Bertz CT molecular complexity index is 1140. The van der Waals surface area contributed by atoms with Crippen LogP contribution in [0.15, 0.2) is 46.8 Å². The number of rotatable bonds is 7. The Morgan fingerprint density at radius 1 is 1.19 bits per heavy atom. The van der Waals surface area contributed by atoms with Crippen molar-refractivity contribution in [3.8, 4) is 0 Å². The molecule has 10 nitrogen and oxygen atoms in total. The summed E-state index contributed by atoms with van der Waals surface area (Å²) in [6.07, 6.45) is 0. The fourth-order valence-electron chi connectivity index (χ4n) is 2.30. The average molecular weight is 479 g/mol. The third-order valence-corrected chi connectivity index (χ3v) is 6.26. The lowest BCUT2D eigenvalue weighted by Crippen LogP contribution is -2.42. The number of aromatic nitrogens is 2. The molecule has 0 bridgehead atoms. The number of carbonyl (C=O) groups is 2. The van der Waals surface area contributed by atoms with E-state index >= 15 is 0 Å². The maximum Gasteiger partial charge on any atom is 0.270 e. The number of nitrogens with zero attached hydrogens (tertiary/aromatic N) is 3. The van der Waals surface area contributed by atoms with E-state index in [-0.39, 0.29) is 17.0 Å². The second kappa shape index (κ2) is 10.2. The Morgan fingerprint density at radius 3 is 2.74 bits per heavy atom. The number of nitro groups is 1. The minimum absolute atomic E-state index is 0.0138. The van der Waals surface area contributed by atoms with E-state index in [4.69, 9.17) is 11.6 Å². The maximum absolute atomic E-state index is 12.0. The number of anilines is 2. The number of halogens is 1. The molecule has 0 aliphatic carbocycles. The normalized spacial score (nSPS) is 10.4. The molecule has 0 radical (unpaired) electrons. The zero-order valence-electron chi connectivity index (χ0n) is 15.9. The highest BCUT2D eigenvalue weighted by Crippen LogP contribution is 2.30. The Hall–Kier alpha value is -3.22. The number of hydrazine groups is 1. The lowest BCUT2D eigenvalue weighted by molar-refractivity contribution is -0.384. The number of benzene rings is 2. The van der Waals surface area contributed by atoms with E-state index in [1.54, 1.807) is 6.07 Å². The summed E-state index contributed by atoms with van der Waals surface area (Å²) in [5.41, 5.74) is 6.00. The van der Waals surface area contributed by atoms with Gasteiger partial charge in [0.1, 0.15) is 0 Å². The van der Waals surface area contributed by atoms with Crippen molar-refractivity contribution in [3.63, 3.8) is 0 Å². The van der Waals surface area contributed by atoms with Gasteiger partial charge in [-0.15, -0.1) is 10.2 Å². The summed E-state index contributed by atoms with van der Waals surface area (Å²) >= 11 is 8.51. The largest absolute Gasteiger partial charge is 0.330 e. The third kappa shape index (κ3) is 6.13. The van der Waals surface area contributed by atoms with Gasteiger partial charge in [-0.25, -0.2) is 0 Å². The van der Waals surface area contributed by atoms with Crippen LogP contribution in [0.25, 0.3) is 0 Å². The monoisotopic (exact) mass is 478 g/mol. The molecule has 0 unspecified atom stereocenters. The van der Waals surface area contributed by atoms with Crippen molar-refractivity contribution in [2.24, 2.45) is 0 Å². The molecular weight excluding hydrogens is 464 g/mol. The van der Waals surface area contributed by atoms with Crippen molar-refractivity contribution >= 4 is 63.0 Å². The van der Waals surface area contributed by atoms with Gasteiger partial charge >= 0.3 is 0 Å². The Kier molecular flexibility index (Phi) is 7.39. The number of hydrogen-bond acceptors (Lipinski definition) is 9. The van der Waals surface area contributed by atoms with Crippen LogP contribution in [0.4, 0.5) is 16.5 Å². The minimum atomic E-state index is -0.665. The van der Waals surface area contributed by atoms with E-state index in [1.807, 2.05) is 19.1 Å². The summed E-state index contributed by atoms with van der Waals surface area (Å²) in [7, 11) is 0. The predicted octanol–water partition coefficient (Wildman–Crippen LogP) is 3.71. The van der Waals surface area contributed by atoms with Crippen LogP contribution in [0.5, 0.6) is 0 Å². The number of carbonyl (C=O) groups excluding carboxylic acids is 2. The van der Waals surface area contributed by atoms with Crippen molar-refractivity contribution in [1.29, 1.82) is 0 Å². The van der Waals surface area contributed by atoms with Crippen LogP contribution in [-0.2, 0) is 4.79 Å². The first-order valence-electron chi connectivity index (χ1n) is 8.65. The number of non-ortho nitro benzene ring substituents is 1. The fourth-order valence-corrected chi connectivity index (χ4v) is 4.04. The van der Waals surface area contributed by atoms with Crippen LogP contribution in [-0.4, -0.2) is 32.7 Å². The molecule has 0 aliphatic rings. The van der Waals surface area contributed by atoms with E-state index in [2.05, 4.69) is 26.4 Å². The first-order chi connectivity index (χ1) is 14.8. The Morgan fingerprint density at radius 2 is 1.97 bits per heavy atom. The van der Waals surface area contributed by atoms with Gasteiger partial charge in [-0.1, -0.05) is 46.8 Å². The smallest absolute Gasteiger partial charge is 0.270 e. The summed E-state index contributed by atoms with van der Waals surface area (Å²) in [6, 6.07) is 10.7. The molecule has 13 heteroatoms. The highest BCUT2D eigenvalue weighted by Gasteiger charge is 2.13. The Labute approximate surface area is 189 Å². The summed E-state index contributed by atoms with van der Waals surface area (Å²) in [6.45, 7) is 1.88. The number of nitro benzene ring substituents is 1. The van der Waals surface area contributed by atoms with E-state index < -0.39 is 16.7 Å². The van der Waals surface area contributed by atoms with Crippen molar-refractivity contribution in [2.75, 3.05) is 11.1 Å². The summed E-state index contributed by atoms with van der Waals surface area (Å²) < 4.78 is 0.558. The standard InChI is InChI=1S/C18H15ClN6O4S2/c1-10-13(19)6-3-7-14(10)20-17-23-24-18(31-17)30-9-15(26)21-22-16(27)11-4-2-5-12(8-11)25(28)29/h2-8H,9H2,1H3,(H,20,23)(H,21,26)(H,22,27). The molecule has 0 atom stereocenters. The van der Waals surface area contributed by atoms with Crippen molar-refractivity contribution in [2.45, 2.75) is 11.3 Å². The highest BCUT2D eigenvalue weighted by atomic mass is 35.5. The van der Waals surface area contributed by atoms with Crippen molar-refractivity contribution < 1.29 is 14.5 Å².